The number of nitrogens with one attached hydrogen (secondary N) is 1. The fourth-order valence-corrected chi connectivity index (χ4v) is 10.0. The topological polar surface area (TPSA) is 52.8 Å². The maximum Gasteiger partial charge on any atom is 0.137 e. The monoisotopic (exact) mass is 853 g/mol. The van der Waals surface area contributed by atoms with Crippen LogP contribution in [0.15, 0.2) is 225 Å². The van der Waals surface area contributed by atoms with Gasteiger partial charge in [0.2, 0.25) is 0 Å². The molecule has 12 rings (SSSR count). The molecule has 12 aromatic rings. The molecule has 0 bridgehead atoms. The van der Waals surface area contributed by atoms with E-state index in [1.165, 1.54) is 54.8 Å². The average Bonchev–Trinajstić information content (AvgIpc) is 4.00. The summed E-state index contributed by atoms with van der Waals surface area (Å²) >= 11 is 0. The lowest BCUT2D eigenvalue weighted by molar-refractivity contribution is 0.403. The summed E-state index contributed by atoms with van der Waals surface area (Å²) in [5.41, 5.74) is 22.6. The van der Waals surface area contributed by atoms with Crippen molar-refractivity contribution in [3.05, 3.63) is 242 Å². The SMILES string of the molecule is C=CCC.Cc1ccccc1C(NC(N)n1c2ccc(-c3ccc4c(c3)c3ccccc3n4-c3ccccc3)cc2c2cc3c(cc21)c1ccccc1n3-c1ccccc1)c1ccccc1. The number of nitrogens with two attached hydrogens (primary N) is 1. The molecule has 0 saturated carbocycles. The van der Waals surface area contributed by atoms with Crippen LogP contribution in [0.4, 0.5) is 0 Å². The molecule has 3 N–H and O–H groups in total. The fraction of sp³-hybridized carbons (Fsp3) is 0.0820. The Kier molecular flexibility index (Phi) is 10.6. The summed E-state index contributed by atoms with van der Waals surface area (Å²) in [5, 5.41) is 11.1. The molecule has 5 heteroatoms. The predicted octanol–water partition coefficient (Wildman–Crippen LogP) is 15.3. The zero-order valence-electron chi connectivity index (χ0n) is 37.3. The second-order valence-electron chi connectivity index (χ2n) is 17.1. The van der Waals surface area contributed by atoms with Crippen molar-refractivity contribution < 1.29 is 0 Å². The van der Waals surface area contributed by atoms with Crippen molar-refractivity contribution in [2.45, 2.75) is 32.6 Å². The van der Waals surface area contributed by atoms with Gasteiger partial charge in [-0.1, -0.05) is 153 Å². The molecule has 0 radical (unpaired) electrons. The zero-order chi connectivity index (χ0) is 44.7. The van der Waals surface area contributed by atoms with Gasteiger partial charge in [0.15, 0.2) is 0 Å². The second-order valence-corrected chi connectivity index (χ2v) is 17.1. The van der Waals surface area contributed by atoms with Crippen molar-refractivity contribution in [3.8, 4) is 22.5 Å². The third-order valence-electron chi connectivity index (χ3n) is 13.2. The van der Waals surface area contributed by atoms with Crippen LogP contribution < -0.4 is 11.1 Å². The van der Waals surface area contributed by atoms with Gasteiger partial charge >= 0.3 is 0 Å². The van der Waals surface area contributed by atoms with E-state index < -0.39 is 6.29 Å². The van der Waals surface area contributed by atoms with Crippen LogP contribution in [0, 0.1) is 6.92 Å². The van der Waals surface area contributed by atoms with Crippen molar-refractivity contribution in [2.75, 3.05) is 0 Å². The molecule has 320 valence electrons. The highest BCUT2D eigenvalue weighted by Gasteiger charge is 2.24. The largest absolute Gasteiger partial charge is 0.312 e. The van der Waals surface area contributed by atoms with Gasteiger partial charge in [-0.3, -0.25) is 11.1 Å². The van der Waals surface area contributed by atoms with Crippen LogP contribution in [-0.2, 0) is 0 Å². The normalized spacial score (nSPS) is 12.5. The Morgan fingerprint density at radius 2 is 0.909 bits per heavy atom. The number of fused-ring (bicyclic) bond motifs is 9. The van der Waals surface area contributed by atoms with Gasteiger partial charge in [0.25, 0.3) is 0 Å². The Balaban J connectivity index is 0.00000116. The quantitative estimate of drug-likeness (QED) is 0.112. The first-order valence-corrected chi connectivity index (χ1v) is 22.9. The molecular weight excluding hydrogens is 803 g/mol. The van der Waals surface area contributed by atoms with Crippen molar-refractivity contribution in [1.29, 1.82) is 0 Å². The first kappa shape index (κ1) is 40.8. The van der Waals surface area contributed by atoms with Crippen LogP contribution in [-0.4, -0.2) is 13.7 Å². The summed E-state index contributed by atoms with van der Waals surface area (Å²) in [5.74, 6) is 0. The van der Waals surface area contributed by atoms with Crippen molar-refractivity contribution >= 4 is 65.4 Å². The molecule has 3 heterocycles. The Bertz CT molecular complexity index is 3710. The van der Waals surface area contributed by atoms with Gasteiger partial charge in [-0.2, -0.15) is 0 Å². The first-order chi connectivity index (χ1) is 32.5. The van der Waals surface area contributed by atoms with E-state index in [1.807, 2.05) is 6.08 Å². The lowest BCUT2D eigenvalue weighted by Gasteiger charge is -2.27. The highest BCUT2D eigenvalue weighted by molar-refractivity contribution is 6.19. The standard InChI is InChI=1S/C57H43N5.C4H8/c1-37-17-11-12-24-43(37)56(38-18-5-2-6-19-38)59-57(58)62-53-32-30-40(39-29-31-52-46(33-39)44-25-13-15-27-50(44)60(52)41-20-7-3-8-21-41)34-47(53)49-36-54-48(35-55(49)62)45-26-14-16-28-51(45)61(54)42-22-9-4-10-23-42;1-3-4-2/h2-36,56-57,59H,58H2,1H3;3H,1,4H2,2H3. The summed E-state index contributed by atoms with van der Waals surface area (Å²) in [6, 6.07) is 76.5. The number of hydrogen-bond acceptors (Lipinski definition) is 2. The molecule has 0 aliphatic carbocycles. The molecule has 0 saturated heterocycles. The van der Waals surface area contributed by atoms with Gasteiger partial charge in [-0.15, -0.1) is 6.58 Å². The highest BCUT2D eigenvalue weighted by Crippen LogP contribution is 2.42. The van der Waals surface area contributed by atoms with Gasteiger partial charge in [0, 0.05) is 43.7 Å². The Hall–Kier alpha value is -7.96. The van der Waals surface area contributed by atoms with Crippen LogP contribution in [0.5, 0.6) is 0 Å². The predicted molar refractivity (Wildman–Crippen MR) is 280 cm³/mol. The summed E-state index contributed by atoms with van der Waals surface area (Å²) < 4.78 is 7.08. The molecule has 5 nitrogen and oxygen atoms in total. The van der Waals surface area contributed by atoms with E-state index in [0.29, 0.717) is 0 Å². The number of benzene rings is 9. The van der Waals surface area contributed by atoms with Crippen molar-refractivity contribution in [1.82, 2.24) is 19.0 Å². The summed E-state index contributed by atoms with van der Waals surface area (Å²) in [6.07, 6.45) is 2.39. The Labute approximate surface area is 385 Å². The van der Waals surface area contributed by atoms with E-state index in [-0.39, 0.29) is 6.04 Å². The molecule has 0 aliphatic heterocycles. The number of rotatable bonds is 9. The third kappa shape index (κ3) is 6.97. The van der Waals surface area contributed by atoms with Gasteiger partial charge in [0.05, 0.1) is 39.1 Å². The van der Waals surface area contributed by atoms with E-state index in [1.54, 1.807) is 0 Å². The van der Waals surface area contributed by atoms with Gasteiger partial charge in [-0.05, 0) is 114 Å². The van der Waals surface area contributed by atoms with E-state index in [2.05, 4.69) is 252 Å². The third-order valence-corrected chi connectivity index (χ3v) is 13.2. The summed E-state index contributed by atoms with van der Waals surface area (Å²) in [4.78, 5) is 0. The first-order valence-electron chi connectivity index (χ1n) is 22.9. The van der Waals surface area contributed by atoms with E-state index in [0.717, 1.165) is 56.2 Å². The lowest BCUT2D eigenvalue weighted by Crippen LogP contribution is -2.37. The van der Waals surface area contributed by atoms with Crippen LogP contribution in [0.1, 0.15) is 42.4 Å². The number of aromatic nitrogens is 3. The van der Waals surface area contributed by atoms with Gasteiger partial charge in [0.1, 0.15) is 6.29 Å². The van der Waals surface area contributed by atoms with E-state index in [4.69, 9.17) is 5.73 Å². The van der Waals surface area contributed by atoms with Crippen LogP contribution >= 0.6 is 0 Å². The van der Waals surface area contributed by atoms with E-state index in [9.17, 15) is 0 Å². The number of allylic oxidation sites excluding steroid dienone is 1. The minimum atomic E-state index is -0.564. The molecule has 0 amide bonds. The van der Waals surface area contributed by atoms with Crippen LogP contribution in [0.2, 0.25) is 0 Å². The number of nitrogens with zero attached hydrogens (tertiary/aromatic N) is 3. The number of para-hydroxylation sites is 4. The smallest absolute Gasteiger partial charge is 0.137 e. The zero-order valence-corrected chi connectivity index (χ0v) is 37.3. The highest BCUT2D eigenvalue weighted by atomic mass is 15.3. The summed E-state index contributed by atoms with van der Waals surface area (Å²) in [7, 11) is 0. The maximum absolute atomic E-state index is 7.51. The van der Waals surface area contributed by atoms with Crippen LogP contribution in [0.25, 0.3) is 87.9 Å². The molecule has 3 aromatic heterocycles. The molecule has 0 fully saturated rings. The average molecular weight is 854 g/mol. The maximum atomic E-state index is 7.51. The second kappa shape index (κ2) is 17.2. The minimum absolute atomic E-state index is 0.132. The van der Waals surface area contributed by atoms with E-state index >= 15 is 0 Å². The molecule has 2 unspecified atom stereocenters. The molecule has 0 aliphatic rings. The number of aryl methyl sites for hydroxylation is 1. The van der Waals surface area contributed by atoms with Gasteiger partial charge in [-0.25, -0.2) is 0 Å². The van der Waals surface area contributed by atoms with Gasteiger partial charge < -0.3 is 13.7 Å². The molecule has 2 atom stereocenters. The Morgan fingerprint density at radius 3 is 1.50 bits per heavy atom. The molecule has 66 heavy (non-hydrogen) atoms. The van der Waals surface area contributed by atoms with Crippen molar-refractivity contribution in [2.24, 2.45) is 5.73 Å². The molecule has 0 spiro atoms. The fourth-order valence-electron chi connectivity index (χ4n) is 10.0. The minimum Gasteiger partial charge on any atom is -0.312 e. The molecular formula is C61H51N5. The molecule has 9 aromatic carbocycles. The Morgan fingerprint density at radius 1 is 0.470 bits per heavy atom. The lowest BCUT2D eigenvalue weighted by atomic mass is 9.95. The van der Waals surface area contributed by atoms with Crippen molar-refractivity contribution in [3.63, 3.8) is 0 Å². The summed E-state index contributed by atoms with van der Waals surface area (Å²) in [6.45, 7) is 7.72. The van der Waals surface area contributed by atoms with Crippen LogP contribution in [0.3, 0.4) is 0 Å². The number of hydrogen-bond donors (Lipinski definition) is 2.